The third kappa shape index (κ3) is 3.61. The molecule has 0 spiro atoms. The van der Waals surface area contributed by atoms with Gasteiger partial charge in [0.1, 0.15) is 10.3 Å². The fourth-order valence-corrected chi connectivity index (χ4v) is 5.75. The average molecular weight is 429 g/mol. The summed E-state index contributed by atoms with van der Waals surface area (Å²) in [4.78, 5) is 25.5. The number of nitrogens with one attached hydrogen (secondary N) is 1. The molecule has 29 heavy (non-hydrogen) atoms. The lowest BCUT2D eigenvalue weighted by molar-refractivity contribution is 0.103. The van der Waals surface area contributed by atoms with Crippen LogP contribution in [-0.2, 0) is 0 Å². The lowest BCUT2D eigenvalue weighted by Gasteiger charge is -2.30. The number of aliphatic hydroxyl groups excluding tert-OH is 1. The molecule has 1 aliphatic heterocycles. The van der Waals surface area contributed by atoms with Crippen LogP contribution in [0.5, 0.6) is 0 Å². The number of fused-ring (bicyclic) bond motifs is 2. The van der Waals surface area contributed by atoms with Crippen molar-refractivity contribution in [3.05, 3.63) is 35.0 Å². The molecule has 7 nitrogen and oxygen atoms in total. The number of aryl methyl sites for hydroxylation is 1. The number of thiazole rings is 1. The van der Waals surface area contributed by atoms with Crippen LogP contribution in [0.15, 0.2) is 28.7 Å². The van der Waals surface area contributed by atoms with Gasteiger partial charge in [0, 0.05) is 32.3 Å². The fourth-order valence-electron chi connectivity index (χ4n) is 3.59. The standard InChI is InChI=1S/C20H20N4O3S2/c1-11-21-14-8-13(2-3-15(14)27-11)22-18(26)16-9-17-19(28-16)23-20(29-17)24-6-4-12(10-25)5-7-24/h2-3,8-9,12,25H,4-7,10H2,1H3,(H,22,26). The van der Waals surface area contributed by atoms with E-state index in [2.05, 4.69) is 15.2 Å². The Morgan fingerprint density at radius 1 is 1.28 bits per heavy atom. The molecule has 9 heteroatoms. The second-order valence-electron chi connectivity index (χ2n) is 7.26. The van der Waals surface area contributed by atoms with Gasteiger partial charge in [0.15, 0.2) is 16.6 Å². The number of benzene rings is 1. The highest BCUT2D eigenvalue weighted by Crippen LogP contribution is 2.36. The average Bonchev–Trinajstić information content (AvgIpc) is 3.39. The first-order valence-corrected chi connectivity index (χ1v) is 11.2. The molecule has 150 valence electrons. The van der Waals surface area contributed by atoms with E-state index in [9.17, 15) is 9.90 Å². The molecular weight excluding hydrogens is 408 g/mol. The van der Waals surface area contributed by atoms with E-state index in [0.717, 1.165) is 46.1 Å². The van der Waals surface area contributed by atoms with Crippen molar-refractivity contribution in [3.8, 4) is 0 Å². The topological polar surface area (TPSA) is 91.5 Å². The van der Waals surface area contributed by atoms with Gasteiger partial charge in [-0.05, 0) is 43.0 Å². The van der Waals surface area contributed by atoms with Gasteiger partial charge in [0.25, 0.3) is 5.91 Å². The van der Waals surface area contributed by atoms with Crippen LogP contribution in [0.3, 0.4) is 0 Å². The zero-order valence-corrected chi connectivity index (χ0v) is 17.5. The number of hydrogen-bond donors (Lipinski definition) is 2. The maximum Gasteiger partial charge on any atom is 0.265 e. The van der Waals surface area contributed by atoms with Crippen LogP contribution in [0.1, 0.15) is 28.4 Å². The molecule has 0 saturated carbocycles. The van der Waals surface area contributed by atoms with E-state index in [1.165, 1.54) is 11.3 Å². The van der Waals surface area contributed by atoms with Crippen molar-refractivity contribution in [1.82, 2.24) is 9.97 Å². The van der Waals surface area contributed by atoms with Gasteiger partial charge < -0.3 is 19.7 Å². The van der Waals surface area contributed by atoms with Crippen molar-refractivity contribution in [3.63, 3.8) is 0 Å². The molecular formula is C20H20N4O3S2. The molecule has 0 atom stereocenters. The van der Waals surface area contributed by atoms with Crippen LogP contribution in [0.25, 0.3) is 20.6 Å². The lowest BCUT2D eigenvalue weighted by Crippen LogP contribution is -2.34. The molecule has 4 aromatic rings. The summed E-state index contributed by atoms with van der Waals surface area (Å²) in [7, 11) is 0. The third-order valence-corrected chi connectivity index (χ3v) is 7.42. The van der Waals surface area contributed by atoms with Gasteiger partial charge in [-0.1, -0.05) is 11.3 Å². The second kappa shape index (κ2) is 7.40. The maximum atomic E-state index is 12.7. The molecule has 4 heterocycles. The van der Waals surface area contributed by atoms with Crippen LogP contribution in [-0.4, -0.2) is 40.7 Å². The maximum absolute atomic E-state index is 12.7. The quantitative estimate of drug-likeness (QED) is 0.504. The number of nitrogens with zero attached hydrogens (tertiary/aromatic N) is 3. The summed E-state index contributed by atoms with van der Waals surface area (Å²) in [5.74, 6) is 0.859. The van der Waals surface area contributed by atoms with E-state index in [-0.39, 0.29) is 12.5 Å². The van der Waals surface area contributed by atoms with Gasteiger partial charge in [-0.3, -0.25) is 4.79 Å². The van der Waals surface area contributed by atoms with Gasteiger partial charge in [0.05, 0.1) is 9.58 Å². The first-order valence-electron chi connectivity index (χ1n) is 9.54. The molecule has 1 amide bonds. The number of rotatable bonds is 4. The minimum absolute atomic E-state index is 0.148. The Kier molecular flexibility index (Phi) is 4.73. The molecule has 5 rings (SSSR count). The van der Waals surface area contributed by atoms with E-state index < -0.39 is 0 Å². The predicted molar refractivity (Wildman–Crippen MR) is 116 cm³/mol. The number of amides is 1. The molecule has 0 bridgehead atoms. The number of oxazole rings is 1. The van der Waals surface area contributed by atoms with Crippen molar-refractivity contribution in [2.75, 3.05) is 29.9 Å². The minimum Gasteiger partial charge on any atom is -0.441 e. The van der Waals surface area contributed by atoms with Crippen molar-refractivity contribution >= 4 is 60.0 Å². The molecule has 1 fully saturated rings. The normalized spacial score (nSPS) is 15.4. The second-order valence-corrected chi connectivity index (χ2v) is 9.30. The lowest BCUT2D eigenvalue weighted by atomic mass is 9.98. The summed E-state index contributed by atoms with van der Waals surface area (Å²) in [6.07, 6.45) is 1.99. The molecule has 2 N–H and O–H groups in total. The highest BCUT2D eigenvalue weighted by molar-refractivity contribution is 7.29. The zero-order chi connectivity index (χ0) is 20.0. The Morgan fingerprint density at radius 2 is 2.10 bits per heavy atom. The van der Waals surface area contributed by atoms with E-state index >= 15 is 0 Å². The van der Waals surface area contributed by atoms with Crippen LogP contribution in [0.4, 0.5) is 10.8 Å². The van der Waals surface area contributed by atoms with Crippen molar-refractivity contribution in [2.24, 2.45) is 5.92 Å². The van der Waals surface area contributed by atoms with Crippen LogP contribution >= 0.6 is 22.7 Å². The molecule has 1 saturated heterocycles. The summed E-state index contributed by atoms with van der Waals surface area (Å²) in [5.41, 5.74) is 2.12. The summed E-state index contributed by atoms with van der Waals surface area (Å²) in [6.45, 7) is 3.90. The Morgan fingerprint density at radius 3 is 2.86 bits per heavy atom. The van der Waals surface area contributed by atoms with Gasteiger partial charge in [-0.2, -0.15) is 0 Å². The Hall–Kier alpha value is -2.49. The minimum atomic E-state index is -0.148. The van der Waals surface area contributed by atoms with Crippen LogP contribution < -0.4 is 10.2 Å². The van der Waals surface area contributed by atoms with Crippen molar-refractivity contribution < 1.29 is 14.3 Å². The number of carbonyl (C=O) groups excluding carboxylic acids is 1. The monoisotopic (exact) mass is 428 g/mol. The highest BCUT2D eigenvalue weighted by atomic mass is 32.1. The first kappa shape index (κ1) is 18.5. The van der Waals surface area contributed by atoms with Gasteiger partial charge in [-0.15, -0.1) is 11.3 Å². The van der Waals surface area contributed by atoms with Gasteiger partial charge in [0.2, 0.25) is 0 Å². The Balaban J connectivity index is 1.31. The highest BCUT2D eigenvalue weighted by Gasteiger charge is 2.22. The third-order valence-electron chi connectivity index (χ3n) is 5.20. The van der Waals surface area contributed by atoms with Gasteiger partial charge >= 0.3 is 0 Å². The number of hydrogen-bond acceptors (Lipinski definition) is 8. The number of carbonyl (C=O) groups is 1. The van der Waals surface area contributed by atoms with E-state index in [0.29, 0.717) is 28.0 Å². The number of anilines is 2. The molecule has 1 aliphatic rings. The smallest absolute Gasteiger partial charge is 0.265 e. The van der Waals surface area contributed by atoms with Crippen molar-refractivity contribution in [1.29, 1.82) is 0 Å². The first-order chi connectivity index (χ1) is 14.1. The summed E-state index contributed by atoms with van der Waals surface area (Å²) in [6, 6.07) is 7.35. The molecule has 0 radical (unpaired) electrons. The van der Waals surface area contributed by atoms with Crippen molar-refractivity contribution in [2.45, 2.75) is 19.8 Å². The molecule has 0 aliphatic carbocycles. The Bertz CT molecular complexity index is 1160. The molecule has 3 aromatic heterocycles. The Labute approximate surface area is 175 Å². The number of piperidine rings is 1. The SMILES string of the molecule is Cc1nc2cc(NC(=O)c3cc4sc(N5CCC(CO)CC5)nc4s3)ccc2o1. The van der Waals surface area contributed by atoms with Gasteiger partial charge in [-0.25, -0.2) is 9.97 Å². The number of aliphatic hydroxyl groups is 1. The van der Waals surface area contributed by atoms with E-state index in [1.807, 2.05) is 24.3 Å². The molecule has 1 aromatic carbocycles. The summed E-state index contributed by atoms with van der Waals surface area (Å²) < 4.78 is 6.50. The zero-order valence-electron chi connectivity index (χ0n) is 15.8. The number of aromatic nitrogens is 2. The van der Waals surface area contributed by atoms with Crippen LogP contribution in [0, 0.1) is 12.8 Å². The largest absolute Gasteiger partial charge is 0.441 e. The van der Waals surface area contributed by atoms with Crippen LogP contribution in [0.2, 0.25) is 0 Å². The summed E-state index contributed by atoms with van der Waals surface area (Å²) >= 11 is 3.03. The molecule has 0 unspecified atom stereocenters. The predicted octanol–water partition coefficient (Wildman–Crippen LogP) is 4.27. The summed E-state index contributed by atoms with van der Waals surface area (Å²) in [5, 5.41) is 13.2. The van der Waals surface area contributed by atoms with E-state index in [4.69, 9.17) is 9.40 Å². The van der Waals surface area contributed by atoms with E-state index in [1.54, 1.807) is 18.3 Å². The number of thiophene rings is 1. The fraction of sp³-hybridized carbons (Fsp3) is 0.350.